The molecule has 94 valence electrons. The summed E-state index contributed by atoms with van der Waals surface area (Å²) in [4.78, 5) is 14.1. The van der Waals surface area contributed by atoms with Crippen molar-refractivity contribution in [2.45, 2.75) is 46.7 Å². The van der Waals surface area contributed by atoms with Crippen LogP contribution in [-0.2, 0) is 0 Å². The number of hydrogen-bond donors (Lipinski definition) is 0. The average molecular weight is 237 g/mol. The molecule has 2 nitrogen and oxygen atoms in total. The maximum atomic E-state index is 13.2. The fraction of sp³-hybridized carbons (Fsp3) is 0.500. The van der Waals surface area contributed by atoms with Gasteiger partial charge in [-0.15, -0.1) is 0 Å². The standard InChI is InChI=1S/C14H20FNO/c1-9(2)16(10(3)4)14(17)13-8-12(15)7-6-11(13)5/h6-10H,1-5H3. The SMILES string of the molecule is Cc1ccc(F)cc1C(=O)N(C(C)C)C(C)C. The smallest absolute Gasteiger partial charge is 0.254 e. The lowest BCUT2D eigenvalue weighted by molar-refractivity contribution is 0.0642. The second-order valence-electron chi connectivity index (χ2n) is 4.86. The fourth-order valence-electron chi connectivity index (χ4n) is 2.03. The van der Waals surface area contributed by atoms with Gasteiger partial charge in [-0.2, -0.15) is 0 Å². The lowest BCUT2D eigenvalue weighted by Gasteiger charge is -2.31. The van der Waals surface area contributed by atoms with E-state index < -0.39 is 0 Å². The van der Waals surface area contributed by atoms with Crippen LogP contribution in [0.4, 0.5) is 4.39 Å². The number of aryl methyl sites for hydroxylation is 1. The van der Waals surface area contributed by atoms with Gasteiger partial charge in [0.2, 0.25) is 0 Å². The fourth-order valence-corrected chi connectivity index (χ4v) is 2.03. The number of hydrogen-bond acceptors (Lipinski definition) is 1. The number of amides is 1. The molecule has 0 radical (unpaired) electrons. The van der Waals surface area contributed by atoms with Crippen LogP contribution in [-0.4, -0.2) is 22.9 Å². The molecule has 0 fully saturated rings. The van der Waals surface area contributed by atoms with E-state index in [1.165, 1.54) is 12.1 Å². The van der Waals surface area contributed by atoms with Crippen LogP contribution in [0.2, 0.25) is 0 Å². The van der Waals surface area contributed by atoms with Crippen molar-refractivity contribution in [2.75, 3.05) is 0 Å². The first-order valence-corrected chi connectivity index (χ1v) is 5.93. The number of carbonyl (C=O) groups is 1. The van der Waals surface area contributed by atoms with Crippen molar-refractivity contribution in [3.05, 3.63) is 35.1 Å². The summed E-state index contributed by atoms with van der Waals surface area (Å²) in [6, 6.07) is 4.54. The van der Waals surface area contributed by atoms with Crippen LogP contribution in [0.5, 0.6) is 0 Å². The van der Waals surface area contributed by atoms with Gasteiger partial charge in [-0.25, -0.2) is 4.39 Å². The Kier molecular flexibility index (Phi) is 4.27. The van der Waals surface area contributed by atoms with Gasteiger partial charge in [-0.05, 0) is 52.3 Å². The van der Waals surface area contributed by atoms with Gasteiger partial charge in [0.1, 0.15) is 5.82 Å². The summed E-state index contributed by atoms with van der Waals surface area (Å²) in [6.07, 6.45) is 0. The third-order valence-electron chi connectivity index (χ3n) is 2.78. The molecule has 0 heterocycles. The quantitative estimate of drug-likeness (QED) is 0.789. The number of halogens is 1. The van der Waals surface area contributed by atoms with Crippen molar-refractivity contribution in [3.8, 4) is 0 Å². The van der Waals surface area contributed by atoms with E-state index in [4.69, 9.17) is 0 Å². The highest BCUT2D eigenvalue weighted by molar-refractivity contribution is 5.96. The van der Waals surface area contributed by atoms with E-state index in [0.717, 1.165) is 5.56 Å². The van der Waals surface area contributed by atoms with E-state index in [-0.39, 0.29) is 23.8 Å². The zero-order valence-corrected chi connectivity index (χ0v) is 11.1. The highest BCUT2D eigenvalue weighted by Gasteiger charge is 2.23. The van der Waals surface area contributed by atoms with Crippen molar-refractivity contribution in [1.29, 1.82) is 0 Å². The van der Waals surface area contributed by atoms with E-state index in [1.54, 1.807) is 11.0 Å². The van der Waals surface area contributed by atoms with E-state index in [0.29, 0.717) is 5.56 Å². The zero-order valence-electron chi connectivity index (χ0n) is 11.1. The van der Waals surface area contributed by atoms with Gasteiger partial charge in [0.05, 0.1) is 0 Å². The third kappa shape index (κ3) is 3.05. The molecule has 0 N–H and O–H groups in total. The predicted molar refractivity (Wildman–Crippen MR) is 67.6 cm³/mol. The van der Waals surface area contributed by atoms with Gasteiger partial charge in [-0.3, -0.25) is 4.79 Å². The summed E-state index contributed by atoms with van der Waals surface area (Å²) in [5, 5.41) is 0. The maximum Gasteiger partial charge on any atom is 0.254 e. The number of benzene rings is 1. The molecule has 0 unspecified atom stereocenters. The van der Waals surface area contributed by atoms with Gasteiger partial charge in [0.15, 0.2) is 0 Å². The third-order valence-corrected chi connectivity index (χ3v) is 2.78. The Morgan fingerprint density at radius 3 is 2.18 bits per heavy atom. The van der Waals surface area contributed by atoms with Crippen molar-refractivity contribution in [2.24, 2.45) is 0 Å². The minimum Gasteiger partial charge on any atom is -0.334 e. The zero-order chi connectivity index (χ0) is 13.2. The molecule has 17 heavy (non-hydrogen) atoms. The highest BCUT2D eigenvalue weighted by atomic mass is 19.1. The molecule has 0 bridgehead atoms. The Bertz CT molecular complexity index is 405. The van der Waals surface area contributed by atoms with Gasteiger partial charge in [0, 0.05) is 17.6 Å². The Morgan fingerprint density at radius 1 is 1.18 bits per heavy atom. The highest BCUT2D eigenvalue weighted by Crippen LogP contribution is 2.16. The molecule has 0 atom stereocenters. The summed E-state index contributed by atoms with van der Waals surface area (Å²) < 4.78 is 13.2. The monoisotopic (exact) mass is 237 g/mol. The molecule has 3 heteroatoms. The second kappa shape index (κ2) is 5.30. The van der Waals surface area contributed by atoms with Crippen molar-refractivity contribution in [1.82, 2.24) is 4.90 Å². The minimum atomic E-state index is -0.369. The molecule has 0 aliphatic carbocycles. The molecule has 1 rings (SSSR count). The molecule has 1 aromatic rings. The Morgan fingerprint density at radius 2 is 1.71 bits per heavy atom. The molecule has 0 spiro atoms. The van der Waals surface area contributed by atoms with Gasteiger partial charge < -0.3 is 4.90 Å². The van der Waals surface area contributed by atoms with Gasteiger partial charge in [0.25, 0.3) is 5.91 Å². The average Bonchev–Trinajstić information content (AvgIpc) is 2.20. The van der Waals surface area contributed by atoms with Gasteiger partial charge >= 0.3 is 0 Å². The lowest BCUT2D eigenvalue weighted by Crippen LogP contribution is -2.42. The summed E-state index contributed by atoms with van der Waals surface area (Å²) >= 11 is 0. The normalized spacial score (nSPS) is 11.1. The van der Waals surface area contributed by atoms with Crippen LogP contribution >= 0.6 is 0 Å². The first-order valence-electron chi connectivity index (χ1n) is 5.93. The summed E-state index contributed by atoms with van der Waals surface area (Å²) in [7, 11) is 0. The molecule has 0 aromatic heterocycles. The molecule has 0 saturated heterocycles. The predicted octanol–water partition coefficient (Wildman–Crippen LogP) is 3.39. The number of rotatable bonds is 3. The number of nitrogens with zero attached hydrogens (tertiary/aromatic N) is 1. The van der Waals surface area contributed by atoms with E-state index in [1.807, 2.05) is 34.6 Å². The van der Waals surface area contributed by atoms with Crippen LogP contribution in [0, 0.1) is 12.7 Å². The molecular weight excluding hydrogens is 217 g/mol. The van der Waals surface area contributed by atoms with Crippen molar-refractivity contribution < 1.29 is 9.18 Å². The number of carbonyl (C=O) groups excluding carboxylic acids is 1. The van der Waals surface area contributed by atoms with E-state index in [9.17, 15) is 9.18 Å². The molecule has 1 aromatic carbocycles. The first-order chi connectivity index (χ1) is 7.84. The van der Waals surface area contributed by atoms with Crippen LogP contribution < -0.4 is 0 Å². The maximum absolute atomic E-state index is 13.2. The summed E-state index contributed by atoms with van der Waals surface area (Å²) in [6.45, 7) is 9.68. The summed E-state index contributed by atoms with van der Waals surface area (Å²) in [5.74, 6) is -0.474. The summed E-state index contributed by atoms with van der Waals surface area (Å²) in [5.41, 5.74) is 1.26. The Hall–Kier alpha value is -1.38. The molecule has 1 amide bonds. The van der Waals surface area contributed by atoms with Crippen LogP contribution in [0.3, 0.4) is 0 Å². The topological polar surface area (TPSA) is 20.3 Å². The van der Waals surface area contributed by atoms with Crippen molar-refractivity contribution in [3.63, 3.8) is 0 Å². The van der Waals surface area contributed by atoms with Crippen LogP contribution in [0.25, 0.3) is 0 Å². The van der Waals surface area contributed by atoms with E-state index >= 15 is 0 Å². The molecule has 0 aliphatic rings. The van der Waals surface area contributed by atoms with Gasteiger partial charge in [-0.1, -0.05) is 6.07 Å². The van der Waals surface area contributed by atoms with Crippen LogP contribution in [0.15, 0.2) is 18.2 Å². The Labute approximate surface area is 102 Å². The first kappa shape index (κ1) is 13.7. The lowest BCUT2D eigenvalue weighted by atomic mass is 10.1. The molecule has 0 aliphatic heterocycles. The van der Waals surface area contributed by atoms with Crippen molar-refractivity contribution >= 4 is 5.91 Å². The molecule has 0 saturated carbocycles. The molecular formula is C14H20FNO. The van der Waals surface area contributed by atoms with Crippen LogP contribution in [0.1, 0.15) is 43.6 Å². The largest absolute Gasteiger partial charge is 0.334 e. The van der Waals surface area contributed by atoms with E-state index in [2.05, 4.69) is 0 Å². The second-order valence-corrected chi connectivity index (χ2v) is 4.86. The minimum absolute atomic E-state index is 0.102. The Balaban J connectivity index is 3.14.